The molecule has 2 heterocycles. The van der Waals surface area contributed by atoms with Gasteiger partial charge < -0.3 is 5.32 Å². The van der Waals surface area contributed by atoms with Gasteiger partial charge in [0, 0.05) is 32.6 Å². The molecule has 1 aromatic heterocycles. The molecule has 0 atom stereocenters. The zero-order valence-corrected chi connectivity index (χ0v) is 12.2. The maximum absolute atomic E-state index is 12.1. The van der Waals surface area contributed by atoms with Crippen molar-refractivity contribution in [3.05, 3.63) is 28.7 Å². The van der Waals surface area contributed by atoms with E-state index in [1.807, 2.05) is 0 Å². The molecular formula is C14H15N5O3. The van der Waals surface area contributed by atoms with Crippen LogP contribution in [0.3, 0.4) is 0 Å². The van der Waals surface area contributed by atoms with Crippen LogP contribution in [0.2, 0.25) is 0 Å². The third-order valence-electron chi connectivity index (χ3n) is 3.70. The molecule has 0 aliphatic carbocycles. The summed E-state index contributed by atoms with van der Waals surface area (Å²) in [5, 5.41) is 6.48. The highest BCUT2D eigenvalue weighted by molar-refractivity contribution is 6.43. The van der Waals surface area contributed by atoms with Crippen LogP contribution in [0.25, 0.3) is 11.0 Å². The van der Waals surface area contributed by atoms with Crippen LogP contribution in [-0.4, -0.2) is 26.7 Å². The summed E-state index contributed by atoms with van der Waals surface area (Å²) < 4.78 is 3.06. The molecule has 0 bridgehead atoms. The summed E-state index contributed by atoms with van der Waals surface area (Å²) in [6, 6.07) is 5.23. The van der Waals surface area contributed by atoms with Gasteiger partial charge in [0.25, 0.3) is 5.91 Å². The van der Waals surface area contributed by atoms with Crippen molar-refractivity contribution in [2.24, 2.45) is 19.2 Å². The van der Waals surface area contributed by atoms with E-state index < -0.39 is 0 Å². The average Bonchev–Trinajstić information content (AvgIpc) is 2.72. The van der Waals surface area contributed by atoms with Crippen molar-refractivity contribution in [2.75, 3.05) is 5.32 Å². The Morgan fingerprint density at radius 2 is 1.91 bits per heavy atom. The maximum atomic E-state index is 12.1. The molecule has 0 saturated carbocycles. The zero-order chi connectivity index (χ0) is 15.9. The summed E-state index contributed by atoms with van der Waals surface area (Å²) in [6.45, 7) is 0. The fraction of sp³-hybridized carbons (Fsp3) is 0.286. The summed E-state index contributed by atoms with van der Waals surface area (Å²) in [5.41, 5.74) is 4.52. The first-order valence-electron chi connectivity index (χ1n) is 6.79. The molecule has 3 rings (SSSR count). The number of rotatable bonds is 2. The van der Waals surface area contributed by atoms with E-state index in [4.69, 9.17) is 0 Å². The van der Waals surface area contributed by atoms with Crippen LogP contribution in [0, 0.1) is 0 Å². The first-order valence-corrected chi connectivity index (χ1v) is 6.79. The summed E-state index contributed by atoms with van der Waals surface area (Å²) in [4.78, 5) is 35.0. The van der Waals surface area contributed by atoms with Gasteiger partial charge in [0.15, 0.2) is 0 Å². The number of hydrogen-bond acceptors (Lipinski definition) is 4. The maximum Gasteiger partial charge on any atom is 0.328 e. The highest BCUT2D eigenvalue weighted by atomic mass is 16.2. The summed E-state index contributed by atoms with van der Waals surface area (Å²) in [5.74, 6) is -0.558. The van der Waals surface area contributed by atoms with Gasteiger partial charge in [-0.15, -0.1) is 0 Å². The van der Waals surface area contributed by atoms with Crippen molar-refractivity contribution in [1.82, 2.24) is 14.6 Å². The Morgan fingerprint density at radius 1 is 1.18 bits per heavy atom. The molecule has 1 aromatic carbocycles. The Hall–Kier alpha value is -2.90. The van der Waals surface area contributed by atoms with Crippen molar-refractivity contribution >= 4 is 34.2 Å². The molecule has 8 heteroatoms. The minimum Gasteiger partial charge on any atom is -0.321 e. The first-order chi connectivity index (χ1) is 10.5. The van der Waals surface area contributed by atoms with Gasteiger partial charge in [-0.1, -0.05) is 0 Å². The third kappa shape index (κ3) is 2.28. The van der Waals surface area contributed by atoms with Crippen LogP contribution in [0.4, 0.5) is 5.69 Å². The molecule has 0 spiro atoms. The number of benzene rings is 1. The number of carbonyl (C=O) groups excluding carboxylic acids is 2. The molecule has 0 saturated heterocycles. The molecule has 1 aliphatic rings. The number of carbonyl (C=O) groups is 2. The van der Waals surface area contributed by atoms with Gasteiger partial charge in [-0.25, -0.2) is 10.2 Å². The summed E-state index contributed by atoms with van der Waals surface area (Å²) in [6.07, 6.45) is 0.558. The van der Waals surface area contributed by atoms with Gasteiger partial charge >= 0.3 is 5.69 Å². The summed E-state index contributed by atoms with van der Waals surface area (Å²) >= 11 is 0. The molecule has 8 nitrogen and oxygen atoms in total. The number of amides is 2. The topological polar surface area (TPSA) is 97.5 Å². The Morgan fingerprint density at radius 3 is 2.59 bits per heavy atom. The van der Waals surface area contributed by atoms with Gasteiger partial charge in [0.05, 0.1) is 11.0 Å². The lowest BCUT2D eigenvalue weighted by Gasteiger charge is -2.12. The second-order valence-corrected chi connectivity index (χ2v) is 5.15. The lowest BCUT2D eigenvalue weighted by molar-refractivity contribution is -0.121. The smallest absolute Gasteiger partial charge is 0.321 e. The van der Waals surface area contributed by atoms with Crippen LogP contribution < -0.4 is 16.4 Å². The Balaban J connectivity index is 1.88. The third-order valence-corrected chi connectivity index (χ3v) is 3.70. The van der Waals surface area contributed by atoms with Crippen molar-refractivity contribution in [2.45, 2.75) is 12.8 Å². The molecule has 22 heavy (non-hydrogen) atoms. The number of nitrogens with zero attached hydrogens (tertiary/aromatic N) is 3. The van der Waals surface area contributed by atoms with E-state index in [1.165, 1.54) is 4.57 Å². The largest absolute Gasteiger partial charge is 0.328 e. The molecule has 0 unspecified atom stereocenters. The molecule has 0 radical (unpaired) electrons. The number of anilines is 1. The molecule has 2 N–H and O–H groups in total. The number of hydrogen-bond donors (Lipinski definition) is 2. The Labute approximate surface area is 125 Å². The average molecular weight is 301 g/mol. The SMILES string of the molecule is Cn1c(=O)n(C)c2cc(NC(=O)C3=NNC(=O)CC3)ccc21. The molecule has 2 amide bonds. The zero-order valence-electron chi connectivity index (χ0n) is 12.2. The van der Waals surface area contributed by atoms with E-state index in [0.717, 1.165) is 11.0 Å². The van der Waals surface area contributed by atoms with Crippen LogP contribution >= 0.6 is 0 Å². The predicted octanol–water partition coefficient (Wildman–Crippen LogP) is 0.0815. The highest BCUT2D eigenvalue weighted by Crippen LogP contribution is 2.18. The second kappa shape index (κ2) is 5.14. The van der Waals surface area contributed by atoms with Crippen LogP contribution in [0.15, 0.2) is 28.1 Å². The Bertz CT molecular complexity index is 874. The monoisotopic (exact) mass is 301 g/mol. The van der Waals surface area contributed by atoms with Crippen LogP contribution in [-0.2, 0) is 23.7 Å². The standard InChI is InChI=1S/C14H15N5O3/c1-18-10-5-3-8(7-11(10)19(2)14(18)22)15-13(21)9-4-6-12(20)17-16-9/h3,5,7H,4,6H2,1-2H3,(H,15,21)(H,17,20). The second-order valence-electron chi connectivity index (χ2n) is 5.15. The molecule has 0 fully saturated rings. The van der Waals surface area contributed by atoms with E-state index in [-0.39, 0.29) is 29.6 Å². The van der Waals surface area contributed by atoms with E-state index in [2.05, 4.69) is 15.8 Å². The molecular weight excluding hydrogens is 286 g/mol. The fourth-order valence-electron chi connectivity index (χ4n) is 2.43. The van der Waals surface area contributed by atoms with Crippen LogP contribution in [0.5, 0.6) is 0 Å². The van der Waals surface area contributed by atoms with Crippen molar-refractivity contribution < 1.29 is 9.59 Å². The normalized spacial score (nSPS) is 14.6. The Kier molecular flexibility index (Phi) is 3.28. The van der Waals surface area contributed by atoms with Gasteiger partial charge in [-0.3, -0.25) is 18.7 Å². The number of nitrogens with one attached hydrogen (secondary N) is 2. The number of aryl methyl sites for hydroxylation is 2. The van der Waals surface area contributed by atoms with Crippen molar-refractivity contribution in [1.29, 1.82) is 0 Å². The minimum absolute atomic E-state index is 0.127. The van der Waals surface area contributed by atoms with Crippen molar-refractivity contribution in [3.8, 4) is 0 Å². The molecule has 1 aliphatic heterocycles. The molecule has 2 aromatic rings. The summed E-state index contributed by atoms with van der Waals surface area (Å²) in [7, 11) is 3.37. The fourth-order valence-corrected chi connectivity index (χ4v) is 2.43. The van der Waals surface area contributed by atoms with E-state index in [0.29, 0.717) is 12.1 Å². The lowest BCUT2D eigenvalue weighted by atomic mass is 10.1. The number of hydrazone groups is 1. The first kappa shape index (κ1) is 14.1. The van der Waals surface area contributed by atoms with Crippen LogP contribution in [0.1, 0.15) is 12.8 Å². The minimum atomic E-state index is -0.361. The number of fused-ring (bicyclic) bond motifs is 1. The van der Waals surface area contributed by atoms with Gasteiger partial charge in [-0.2, -0.15) is 5.10 Å². The molecule has 114 valence electrons. The van der Waals surface area contributed by atoms with Crippen molar-refractivity contribution in [3.63, 3.8) is 0 Å². The van der Waals surface area contributed by atoms with E-state index in [1.54, 1.807) is 36.9 Å². The lowest BCUT2D eigenvalue weighted by Crippen LogP contribution is -2.32. The van der Waals surface area contributed by atoms with Gasteiger partial charge in [-0.05, 0) is 18.2 Å². The quantitative estimate of drug-likeness (QED) is 0.822. The highest BCUT2D eigenvalue weighted by Gasteiger charge is 2.18. The van der Waals surface area contributed by atoms with Gasteiger partial charge in [0.1, 0.15) is 5.71 Å². The number of aromatic nitrogens is 2. The number of imidazole rings is 1. The van der Waals surface area contributed by atoms with E-state index in [9.17, 15) is 14.4 Å². The van der Waals surface area contributed by atoms with E-state index >= 15 is 0 Å². The predicted molar refractivity (Wildman–Crippen MR) is 81.6 cm³/mol. The van der Waals surface area contributed by atoms with Gasteiger partial charge in [0.2, 0.25) is 5.91 Å².